The quantitative estimate of drug-likeness (QED) is 0.834. The van der Waals surface area contributed by atoms with Crippen LogP contribution in [0.2, 0.25) is 0 Å². The first-order chi connectivity index (χ1) is 12.4. The van der Waals surface area contributed by atoms with Gasteiger partial charge < -0.3 is 15.1 Å². The maximum absolute atomic E-state index is 13.6. The third-order valence-electron chi connectivity index (χ3n) is 4.13. The molecule has 1 heterocycles. The third kappa shape index (κ3) is 3.96. The summed E-state index contributed by atoms with van der Waals surface area (Å²) in [5, 5.41) is 2.16. The normalized spacial score (nSPS) is 14.3. The summed E-state index contributed by atoms with van der Waals surface area (Å²) in [5.74, 6) is -3.82. The standard InChI is InChI=1S/C18H16F3N3O2/c19-12-1-4-14(5-2-12)23-7-9-24(10-8-23)18(26)17(25)22-16-6-3-13(20)11-15(16)21/h1-6,11H,7-10H2,(H,22,25). The molecule has 1 saturated heterocycles. The third-order valence-corrected chi connectivity index (χ3v) is 4.13. The van der Waals surface area contributed by atoms with Gasteiger partial charge in [-0.25, -0.2) is 13.2 Å². The Balaban J connectivity index is 1.57. The summed E-state index contributed by atoms with van der Waals surface area (Å²) < 4.78 is 39.4. The first-order valence-corrected chi connectivity index (χ1v) is 8.00. The first kappa shape index (κ1) is 17.8. The summed E-state index contributed by atoms with van der Waals surface area (Å²) in [6, 6.07) is 8.69. The van der Waals surface area contributed by atoms with Gasteiger partial charge in [0.1, 0.15) is 17.5 Å². The van der Waals surface area contributed by atoms with Crippen molar-refractivity contribution >= 4 is 23.2 Å². The zero-order chi connectivity index (χ0) is 18.7. The van der Waals surface area contributed by atoms with Gasteiger partial charge in [-0.3, -0.25) is 9.59 Å². The largest absolute Gasteiger partial charge is 0.368 e. The molecule has 0 bridgehead atoms. The van der Waals surface area contributed by atoms with Crippen molar-refractivity contribution in [2.45, 2.75) is 0 Å². The molecule has 0 aromatic heterocycles. The van der Waals surface area contributed by atoms with Crippen molar-refractivity contribution in [3.8, 4) is 0 Å². The van der Waals surface area contributed by atoms with Crippen molar-refractivity contribution in [2.75, 3.05) is 36.4 Å². The fraction of sp³-hybridized carbons (Fsp3) is 0.222. The molecule has 2 aromatic carbocycles. The Kier molecular flexibility index (Phi) is 5.11. The lowest BCUT2D eigenvalue weighted by atomic mass is 10.2. The Morgan fingerprint density at radius 1 is 0.846 bits per heavy atom. The molecule has 5 nitrogen and oxygen atoms in total. The van der Waals surface area contributed by atoms with Crippen LogP contribution in [0.15, 0.2) is 42.5 Å². The van der Waals surface area contributed by atoms with Crippen LogP contribution in [0.4, 0.5) is 24.5 Å². The number of hydrogen-bond donors (Lipinski definition) is 1. The molecule has 26 heavy (non-hydrogen) atoms. The van der Waals surface area contributed by atoms with E-state index in [0.29, 0.717) is 32.2 Å². The summed E-state index contributed by atoms with van der Waals surface area (Å²) in [6.07, 6.45) is 0. The number of carbonyl (C=O) groups is 2. The molecule has 136 valence electrons. The fourth-order valence-corrected chi connectivity index (χ4v) is 2.73. The molecule has 1 N–H and O–H groups in total. The van der Waals surface area contributed by atoms with Crippen molar-refractivity contribution in [1.82, 2.24) is 4.90 Å². The second-order valence-electron chi connectivity index (χ2n) is 5.83. The second-order valence-corrected chi connectivity index (χ2v) is 5.83. The molecule has 8 heteroatoms. The Morgan fingerprint density at radius 2 is 1.46 bits per heavy atom. The van der Waals surface area contributed by atoms with Crippen LogP contribution in [-0.2, 0) is 9.59 Å². The molecule has 0 atom stereocenters. The predicted molar refractivity (Wildman–Crippen MR) is 90.2 cm³/mol. The van der Waals surface area contributed by atoms with Gasteiger partial charge >= 0.3 is 11.8 Å². The highest BCUT2D eigenvalue weighted by Gasteiger charge is 2.26. The predicted octanol–water partition coefficient (Wildman–Crippen LogP) is 2.39. The van der Waals surface area contributed by atoms with Gasteiger partial charge in [-0.2, -0.15) is 0 Å². The summed E-state index contributed by atoms with van der Waals surface area (Å²) in [6.45, 7) is 1.57. The smallest absolute Gasteiger partial charge is 0.313 e. The van der Waals surface area contributed by atoms with E-state index in [4.69, 9.17) is 0 Å². The lowest BCUT2D eigenvalue weighted by Gasteiger charge is -2.35. The number of piperazine rings is 1. The number of nitrogens with zero attached hydrogens (tertiary/aromatic N) is 2. The lowest BCUT2D eigenvalue weighted by Crippen LogP contribution is -2.51. The average Bonchev–Trinajstić information content (AvgIpc) is 2.64. The number of hydrogen-bond acceptors (Lipinski definition) is 3. The highest BCUT2D eigenvalue weighted by molar-refractivity contribution is 6.39. The molecule has 2 amide bonds. The van der Waals surface area contributed by atoms with Crippen LogP contribution in [0.25, 0.3) is 0 Å². The second kappa shape index (κ2) is 7.47. The lowest BCUT2D eigenvalue weighted by molar-refractivity contribution is -0.143. The average molecular weight is 363 g/mol. The molecular weight excluding hydrogens is 347 g/mol. The molecule has 2 aromatic rings. The summed E-state index contributed by atoms with van der Waals surface area (Å²) in [5.41, 5.74) is 0.575. The number of amides is 2. The zero-order valence-electron chi connectivity index (χ0n) is 13.7. The molecule has 0 spiro atoms. The molecular formula is C18H16F3N3O2. The van der Waals surface area contributed by atoms with E-state index in [1.807, 2.05) is 4.90 Å². The molecule has 0 radical (unpaired) electrons. The van der Waals surface area contributed by atoms with Crippen molar-refractivity contribution in [1.29, 1.82) is 0 Å². The Labute approximate surface area is 148 Å². The number of halogens is 3. The van der Waals surface area contributed by atoms with Crippen LogP contribution in [-0.4, -0.2) is 42.9 Å². The van der Waals surface area contributed by atoms with Crippen LogP contribution in [0, 0.1) is 17.5 Å². The number of anilines is 2. The van der Waals surface area contributed by atoms with Gasteiger partial charge in [0.2, 0.25) is 0 Å². The summed E-state index contributed by atoms with van der Waals surface area (Å²) in [4.78, 5) is 27.6. The van der Waals surface area contributed by atoms with Gasteiger partial charge in [0.05, 0.1) is 5.69 Å². The minimum Gasteiger partial charge on any atom is -0.368 e. The fourth-order valence-electron chi connectivity index (χ4n) is 2.73. The zero-order valence-corrected chi connectivity index (χ0v) is 13.7. The Bertz CT molecular complexity index is 819. The SMILES string of the molecule is O=C(Nc1ccc(F)cc1F)C(=O)N1CCN(c2ccc(F)cc2)CC1. The van der Waals surface area contributed by atoms with E-state index in [-0.39, 0.29) is 11.5 Å². The van der Waals surface area contributed by atoms with E-state index in [1.54, 1.807) is 12.1 Å². The molecule has 0 saturated carbocycles. The van der Waals surface area contributed by atoms with Crippen molar-refractivity contribution in [2.24, 2.45) is 0 Å². The first-order valence-electron chi connectivity index (χ1n) is 8.00. The van der Waals surface area contributed by atoms with E-state index in [9.17, 15) is 22.8 Å². The summed E-state index contributed by atoms with van der Waals surface area (Å²) >= 11 is 0. The molecule has 3 rings (SSSR count). The van der Waals surface area contributed by atoms with Gasteiger partial charge in [-0.1, -0.05) is 0 Å². The highest BCUT2D eigenvalue weighted by atomic mass is 19.1. The van der Waals surface area contributed by atoms with E-state index < -0.39 is 23.4 Å². The van der Waals surface area contributed by atoms with Gasteiger partial charge in [0, 0.05) is 37.9 Å². The topological polar surface area (TPSA) is 52.7 Å². The number of nitrogens with one attached hydrogen (secondary N) is 1. The van der Waals surface area contributed by atoms with Crippen molar-refractivity contribution in [3.63, 3.8) is 0 Å². The van der Waals surface area contributed by atoms with Crippen molar-refractivity contribution < 1.29 is 22.8 Å². The number of carbonyl (C=O) groups excluding carboxylic acids is 2. The minimum absolute atomic E-state index is 0.255. The minimum atomic E-state index is -0.981. The molecule has 0 unspecified atom stereocenters. The van der Waals surface area contributed by atoms with E-state index in [0.717, 1.165) is 17.8 Å². The van der Waals surface area contributed by atoms with Gasteiger partial charge in [-0.05, 0) is 36.4 Å². The van der Waals surface area contributed by atoms with Crippen molar-refractivity contribution in [3.05, 3.63) is 59.9 Å². The van der Waals surface area contributed by atoms with Crippen LogP contribution < -0.4 is 10.2 Å². The summed E-state index contributed by atoms with van der Waals surface area (Å²) in [7, 11) is 0. The van der Waals surface area contributed by atoms with E-state index in [1.165, 1.54) is 17.0 Å². The molecule has 1 fully saturated rings. The Hall–Kier alpha value is -3.03. The maximum Gasteiger partial charge on any atom is 0.313 e. The van der Waals surface area contributed by atoms with Gasteiger partial charge in [0.15, 0.2) is 0 Å². The number of benzene rings is 2. The van der Waals surface area contributed by atoms with Crippen LogP contribution in [0.1, 0.15) is 0 Å². The van der Waals surface area contributed by atoms with Crippen LogP contribution >= 0.6 is 0 Å². The molecule has 1 aliphatic rings. The van der Waals surface area contributed by atoms with Crippen LogP contribution in [0.5, 0.6) is 0 Å². The maximum atomic E-state index is 13.6. The van der Waals surface area contributed by atoms with Crippen LogP contribution in [0.3, 0.4) is 0 Å². The molecule has 0 aliphatic carbocycles. The molecule has 1 aliphatic heterocycles. The van der Waals surface area contributed by atoms with Gasteiger partial charge in [-0.15, -0.1) is 0 Å². The van der Waals surface area contributed by atoms with E-state index >= 15 is 0 Å². The Morgan fingerprint density at radius 3 is 2.08 bits per heavy atom. The van der Waals surface area contributed by atoms with E-state index in [2.05, 4.69) is 5.32 Å². The monoisotopic (exact) mass is 363 g/mol. The highest BCUT2D eigenvalue weighted by Crippen LogP contribution is 2.18. The van der Waals surface area contributed by atoms with Gasteiger partial charge in [0.25, 0.3) is 0 Å². The number of rotatable bonds is 2.